The molecule has 0 radical (unpaired) electrons. The van der Waals surface area contributed by atoms with Crippen LogP contribution in [0.15, 0.2) is 53.4 Å². The molecule has 0 unspecified atom stereocenters. The summed E-state index contributed by atoms with van der Waals surface area (Å²) in [5.41, 5.74) is 1.40. The number of likely N-dealkylation sites (N-methyl/N-ethyl adjacent to an activating group) is 1. The van der Waals surface area contributed by atoms with Crippen LogP contribution < -0.4 is 15.0 Å². The Balaban J connectivity index is 1.63. The van der Waals surface area contributed by atoms with E-state index in [4.69, 9.17) is 4.74 Å². The Kier molecular flexibility index (Phi) is 7.55. The minimum Gasteiger partial charge on any atom is -0.490 e. The molecular formula is C22H27N3O3S. The Hall–Kier alpha value is -2.51. The van der Waals surface area contributed by atoms with Crippen molar-refractivity contribution in [2.24, 2.45) is 0 Å². The molecular weight excluding hydrogens is 386 g/mol. The molecule has 1 heterocycles. The van der Waals surface area contributed by atoms with Gasteiger partial charge in [-0.05, 0) is 37.4 Å². The quantitative estimate of drug-likeness (QED) is 0.682. The SMILES string of the molecule is CCN(CC)CCOc1ccccc1NC(=O)CN1C(=O)CSc2ccccc21. The van der Waals surface area contributed by atoms with Crippen molar-refractivity contribution in [1.82, 2.24) is 4.90 Å². The largest absolute Gasteiger partial charge is 0.490 e. The van der Waals surface area contributed by atoms with Gasteiger partial charge in [-0.3, -0.25) is 9.59 Å². The molecule has 0 saturated carbocycles. The Bertz CT molecular complexity index is 855. The molecule has 2 aromatic rings. The molecule has 1 aliphatic rings. The highest BCUT2D eigenvalue weighted by Gasteiger charge is 2.26. The van der Waals surface area contributed by atoms with Gasteiger partial charge in [-0.2, -0.15) is 0 Å². The minimum absolute atomic E-state index is 0.0236. The van der Waals surface area contributed by atoms with Gasteiger partial charge >= 0.3 is 0 Å². The van der Waals surface area contributed by atoms with Gasteiger partial charge in [0.2, 0.25) is 11.8 Å². The first-order valence-corrected chi connectivity index (χ1v) is 10.9. The zero-order valence-electron chi connectivity index (χ0n) is 16.9. The number of thioether (sulfide) groups is 1. The lowest BCUT2D eigenvalue weighted by atomic mass is 10.2. The van der Waals surface area contributed by atoms with Crippen LogP contribution >= 0.6 is 11.8 Å². The van der Waals surface area contributed by atoms with Crippen molar-refractivity contribution in [2.75, 3.05) is 48.8 Å². The number of nitrogens with one attached hydrogen (secondary N) is 1. The van der Waals surface area contributed by atoms with Crippen LogP contribution in [-0.2, 0) is 9.59 Å². The summed E-state index contributed by atoms with van der Waals surface area (Å²) in [7, 11) is 0. The summed E-state index contributed by atoms with van der Waals surface area (Å²) in [5.74, 6) is 0.663. The summed E-state index contributed by atoms with van der Waals surface area (Å²) in [5, 5.41) is 2.90. The zero-order chi connectivity index (χ0) is 20.6. The molecule has 6 nitrogen and oxygen atoms in total. The molecule has 0 saturated heterocycles. The summed E-state index contributed by atoms with van der Waals surface area (Å²) in [6, 6.07) is 15.0. The molecule has 0 fully saturated rings. The molecule has 154 valence electrons. The molecule has 7 heteroatoms. The molecule has 1 aliphatic heterocycles. The Morgan fingerprint density at radius 3 is 2.66 bits per heavy atom. The van der Waals surface area contributed by atoms with Gasteiger partial charge in [0.05, 0.1) is 17.1 Å². The van der Waals surface area contributed by atoms with E-state index in [-0.39, 0.29) is 18.4 Å². The minimum atomic E-state index is -0.250. The summed E-state index contributed by atoms with van der Waals surface area (Å²) in [6.07, 6.45) is 0. The summed E-state index contributed by atoms with van der Waals surface area (Å²) >= 11 is 1.50. The predicted molar refractivity (Wildman–Crippen MR) is 118 cm³/mol. The highest BCUT2D eigenvalue weighted by molar-refractivity contribution is 8.00. The lowest BCUT2D eigenvalue weighted by Crippen LogP contribution is -2.41. The fourth-order valence-corrected chi connectivity index (χ4v) is 4.12. The third-order valence-electron chi connectivity index (χ3n) is 4.83. The number of carbonyl (C=O) groups is 2. The van der Waals surface area contributed by atoms with Gasteiger partial charge in [-0.15, -0.1) is 11.8 Å². The maximum Gasteiger partial charge on any atom is 0.244 e. The second kappa shape index (κ2) is 10.3. The van der Waals surface area contributed by atoms with Crippen LogP contribution in [0.5, 0.6) is 5.75 Å². The van der Waals surface area contributed by atoms with Crippen molar-refractivity contribution < 1.29 is 14.3 Å². The molecule has 1 N–H and O–H groups in total. The van der Waals surface area contributed by atoms with E-state index in [1.165, 1.54) is 11.8 Å². The molecule has 0 spiro atoms. The van der Waals surface area contributed by atoms with Crippen LogP contribution in [0, 0.1) is 0 Å². The van der Waals surface area contributed by atoms with Gasteiger partial charge in [0.25, 0.3) is 0 Å². The molecule has 2 aromatic carbocycles. The third kappa shape index (κ3) is 5.52. The monoisotopic (exact) mass is 413 g/mol. The lowest BCUT2D eigenvalue weighted by molar-refractivity contribution is -0.120. The number of ether oxygens (including phenoxy) is 1. The Morgan fingerprint density at radius 1 is 1.14 bits per heavy atom. The van der Waals surface area contributed by atoms with Crippen molar-refractivity contribution in [3.63, 3.8) is 0 Å². The number of anilines is 2. The van der Waals surface area contributed by atoms with Crippen molar-refractivity contribution in [1.29, 1.82) is 0 Å². The van der Waals surface area contributed by atoms with E-state index in [9.17, 15) is 9.59 Å². The van der Waals surface area contributed by atoms with Gasteiger partial charge < -0.3 is 19.9 Å². The van der Waals surface area contributed by atoms with Crippen molar-refractivity contribution in [3.8, 4) is 5.75 Å². The maximum atomic E-state index is 12.7. The first-order valence-electron chi connectivity index (χ1n) is 9.88. The van der Waals surface area contributed by atoms with Crippen LogP contribution in [0.2, 0.25) is 0 Å². The van der Waals surface area contributed by atoms with Gasteiger partial charge in [-0.25, -0.2) is 0 Å². The topological polar surface area (TPSA) is 61.9 Å². The number of fused-ring (bicyclic) bond motifs is 1. The zero-order valence-corrected chi connectivity index (χ0v) is 17.7. The average Bonchev–Trinajstić information content (AvgIpc) is 2.74. The number of carbonyl (C=O) groups excluding carboxylic acids is 2. The third-order valence-corrected chi connectivity index (χ3v) is 5.88. The number of benzene rings is 2. The number of hydrogen-bond acceptors (Lipinski definition) is 5. The molecule has 0 atom stereocenters. The van der Waals surface area contributed by atoms with E-state index in [0.717, 1.165) is 30.2 Å². The van der Waals surface area contributed by atoms with Crippen molar-refractivity contribution in [3.05, 3.63) is 48.5 Å². The van der Waals surface area contributed by atoms with Crippen LogP contribution in [0.3, 0.4) is 0 Å². The van der Waals surface area contributed by atoms with E-state index in [2.05, 4.69) is 24.1 Å². The fourth-order valence-electron chi connectivity index (χ4n) is 3.18. The highest BCUT2D eigenvalue weighted by Crippen LogP contribution is 2.34. The van der Waals surface area contributed by atoms with Gasteiger partial charge in [0.1, 0.15) is 18.9 Å². The first-order chi connectivity index (χ1) is 14.1. The molecule has 29 heavy (non-hydrogen) atoms. The van der Waals surface area contributed by atoms with Crippen LogP contribution in [-0.4, -0.2) is 55.3 Å². The fraction of sp³-hybridized carbons (Fsp3) is 0.364. The first kappa shape index (κ1) is 21.2. The van der Waals surface area contributed by atoms with E-state index >= 15 is 0 Å². The number of nitrogens with zero attached hydrogens (tertiary/aromatic N) is 2. The number of rotatable bonds is 9. The second-order valence-corrected chi connectivity index (χ2v) is 7.67. The van der Waals surface area contributed by atoms with Crippen molar-refractivity contribution >= 4 is 35.0 Å². The van der Waals surface area contributed by atoms with Crippen LogP contribution in [0.25, 0.3) is 0 Å². The number of amides is 2. The summed E-state index contributed by atoms with van der Waals surface area (Å²) in [4.78, 5) is 29.9. The second-order valence-electron chi connectivity index (χ2n) is 6.66. The number of para-hydroxylation sites is 3. The summed E-state index contributed by atoms with van der Waals surface area (Å²) < 4.78 is 5.90. The molecule has 0 bridgehead atoms. The van der Waals surface area contributed by atoms with E-state index in [1.54, 1.807) is 4.90 Å². The maximum absolute atomic E-state index is 12.7. The standard InChI is InChI=1S/C22H27N3O3S/c1-3-24(4-2)13-14-28-19-11-7-5-9-17(19)23-21(26)15-25-18-10-6-8-12-20(18)29-16-22(25)27/h5-12H,3-4,13-16H2,1-2H3,(H,23,26). The Morgan fingerprint density at radius 2 is 1.86 bits per heavy atom. The van der Waals surface area contributed by atoms with Crippen LogP contribution in [0.4, 0.5) is 11.4 Å². The normalized spacial score (nSPS) is 13.3. The molecule has 0 aromatic heterocycles. The molecule has 3 rings (SSSR count). The molecule has 0 aliphatic carbocycles. The molecule has 2 amide bonds. The van der Waals surface area contributed by atoms with E-state index < -0.39 is 0 Å². The van der Waals surface area contributed by atoms with Gasteiger partial charge in [0, 0.05) is 11.4 Å². The summed E-state index contributed by atoms with van der Waals surface area (Å²) in [6.45, 7) is 7.54. The average molecular weight is 414 g/mol. The van der Waals surface area contributed by atoms with Gasteiger partial charge in [0.15, 0.2) is 0 Å². The van der Waals surface area contributed by atoms with E-state index in [1.807, 2.05) is 48.5 Å². The lowest BCUT2D eigenvalue weighted by Gasteiger charge is -2.28. The van der Waals surface area contributed by atoms with Crippen LogP contribution in [0.1, 0.15) is 13.8 Å². The Labute approximate surface area is 176 Å². The van der Waals surface area contributed by atoms with Gasteiger partial charge in [-0.1, -0.05) is 38.1 Å². The smallest absolute Gasteiger partial charge is 0.244 e. The highest BCUT2D eigenvalue weighted by atomic mass is 32.2. The number of hydrogen-bond donors (Lipinski definition) is 1. The van der Waals surface area contributed by atoms with E-state index in [0.29, 0.717) is 23.8 Å². The van der Waals surface area contributed by atoms with Crippen molar-refractivity contribution in [2.45, 2.75) is 18.7 Å². The predicted octanol–water partition coefficient (Wildman–Crippen LogP) is 3.48.